The smallest absolute Gasteiger partial charge is 0.230 e. The second-order valence-electron chi connectivity index (χ2n) is 5.46. The van der Waals surface area contributed by atoms with E-state index in [4.69, 9.17) is 4.42 Å². The maximum absolute atomic E-state index is 13.5. The topological polar surface area (TPSA) is 51.0 Å². The third kappa shape index (κ3) is 4.13. The van der Waals surface area contributed by atoms with E-state index in [0.717, 1.165) is 0 Å². The summed E-state index contributed by atoms with van der Waals surface area (Å²) in [6.07, 6.45) is 0.315. The first-order valence-electron chi connectivity index (χ1n) is 6.24. The molecule has 5 heteroatoms. The molecule has 0 fully saturated rings. The quantitative estimate of drug-likeness (QED) is 0.921. The Morgan fingerprint density at radius 1 is 1.16 bits per heavy atom. The minimum Gasteiger partial charge on any atom is -0.424 e. The monoisotopic (exact) mass is 263 g/mol. The first kappa shape index (κ1) is 13.7. The Bertz CT molecular complexity index is 546. The average Bonchev–Trinajstić information content (AvgIpc) is 2.77. The van der Waals surface area contributed by atoms with Crippen molar-refractivity contribution in [2.24, 2.45) is 0 Å². The number of hydrogen-bond donors (Lipinski definition) is 1. The van der Waals surface area contributed by atoms with E-state index in [1.807, 2.05) is 0 Å². The summed E-state index contributed by atoms with van der Waals surface area (Å²) in [5.74, 6) is 0.687. The van der Waals surface area contributed by atoms with Crippen molar-refractivity contribution in [3.63, 3.8) is 0 Å². The van der Waals surface area contributed by atoms with Gasteiger partial charge in [0.15, 0.2) is 0 Å². The molecule has 102 valence electrons. The van der Waals surface area contributed by atoms with Crippen LogP contribution in [0.15, 0.2) is 28.7 Å². The molecule has 1 N–H and O–H groups in total. The van der Waals surface area contributed by atoms with E-state index < -0.39 is 0 Å². The van der Waals surface area contributed by atoms with Crippen LogP contribution in [0.4, 0.5) is 4.39 Å². The number of nitrogens with zero attached hydrogens (tertiary/aromatic N) is 2. The van der Waals surface area contributed by atoms with E-state index in [1.54, 1.807) is 18.2 Å². The van der Waals surface area contributed by atoms with E-state index in [2.05, 4.69) is 36.3 Å². The van der Waals surface area contributed by atoms with Crippen molar-refractivity contribution in [2.75, 3.05) is 0 Å². The lowest BCUT2D eigenvalue weighted by Crippen LogP contribution is -2.35. The van der Waals surface area contributed by atoms with Crippen LogP contribution in [0.25, 0.3) is 0 Å². The summed E-state index contributed by atoms with van der Waals surface area (Å²) in [5, 5.41) is 11.1. The number of hydrogen-bond acceptors (Lipinski definition) is 4. The lowest BCUT2D eigenvalue weighted by atomic mass is 10.1. The SMILES string of the molecule is CC(C)(C)NCc1nnc(Cc2ccccc2F)o1. The van der Waals surface area contributed by atoms with E-state index in [1.165, 1.54) is 6.07 Å². The molecule has 0 atom stereocenters. The highest BCUT2D eigenvalue weighted by molar-refractivity contribution is 5.20. The van der Waals surface area contributed by atoms with Crippen LogP contribution in [0.1, 0.15) is 38.1 Å². The zero-order chi connectivity index (χ0) is 13.9. The minimum atomic E-state index is -0.255. The molecule has 1 aromatic carbocycles. The summed E-state index contributed by atoms with van der Waals surface area (Å²) in [7, 11) is 0. The minimum absolute atomic E-state index is 0.0137. The van der Waals surface area contributed by atoms with Gasteiger partial charge in [-0.1, -0.05) is 18.2 Å². The Kier molecular flexibility index (Phi) is 3.95. The normalized spacial score (nSPS) is 11.8. The fraction of sp³-hybridized carbons (Fsp3) is 0.429. The van der Waals surface area contributed by atoms with Crippen molar-refractivity contribution < 1.29 is 8.81 Å². The molecule has 2 aromatic rings. The molecular formula is C14H18FN3O. The molecule has 0 radical (unpaired) electrons. The summed E-state index contributed by atoms with van der Waals surface area (Å²) in [5.41, 5.74) is 0.543. The van der Waals surface area contributed by atoms with Crippen molar-refractivity contribution in [3.8, 4) is 0 Å². The molecule has 0 saturated carbocycles. The van der Waals surface area contributed by atoms with Crippen molar-refractivity contribution >= 4 is 0 Å². The zero-order valence-corrected chi connectivity index (χ0v) is 11.4. The predicted octanol–water partition coefficient (Wildman–Crippen LogP) is 2.69. The molecule has 0 aliphatic carbocycles. The van der Waals surface area contributed by atoms with E-state index in [-0.39, 0.29) is 11.4 Å². The third-order valence-corrected chi connectivity index (χ3v) is 2.58. The Balaban J connectivity index is 2.00. The fourth-order valence-electron chi connectivity index (χ4n) is 1.58. The molecule has 0 unspecified atom stereocenters. The zero-order valence-electron chi connectivity index (χ0n) is 11.4. The van der Waals surface area contributed by atoms with Gasteiger partial charge in [-0.15, -0.1) is 10.2 Å². The van der Waals surface area contributed by atoms with Crippen molar-refractivity contribution in [3.05, 3.63) is 47.4 Å². The number of aromatic nitrogens is 2. The van der Waals surface area contributed by atoms with Crippen LogP contribution in [-0.4, -0.2) is 15.7 Å². The number of halogens is 1. The average molecular weight is 263 g/mol. The number of rotatable bonds is 4. The predicted molar refractivity (Wildman–Crippen MR) is 70.1 cm³/mol. The molecular weight excluding hydrogens is 245 g/mol. The highest BCUT2D eigenvalue weighted by Gasteiger charge is 2.13. The van der Waals surface area contributed by atoms with Crippen LogP contribution in [0.2, 0.25) is 0 Å². The van der Waals surface area contributed by atoms with Gasteiger partial charge in [0.2, 0.25) is 11.8 Å². The molecule has 1 aromatic heterocycles. The highest BCUT2D eigenvalue weighted by atomic mass is 19.1. The molecule has 0 bridgehead atoms. The van der Waals surface area contributed by atoms with Gasteiger partial charge >= 0.3 is 0 Å². The van der Waals surface area contributed by atoms with Gasteiger partial charge < -0.3 is 9.73 Å². The third-order valence-electron chi connectivity index (χ3n) is 2.58. The molecule has 0 amide bonds. The molecule has 1 heterocycles. The Labute approximate surface area is 112 Å². The van der Waals surface area contributed by atoms with E-state index in [9.17, 15) is 4.39 Å². The van der Waals surface area contributed by atoms with Crippen molar-refractivity contribution in [1.82, 2.24) is 15.5 Å². The molecule has 0 aliphatic heterocycles. The summed E-state index contributed by atoms with van der Waals surface area (Å²) in [6, 6.07) is 6.59. The van der Waals surface area contributed by atoms with Crippen LogP contribution in [0.5, 0.6) is 0 Å². The Morgan fingerprint density at radius 3 is 2.53 bits per heavy atom. The fourth-order valence-corrected chi connectivity index (χ4v) is 1.58. The molecule has 19 heavy (non-hydrogen) atoms. The lowest BCUT2D eigenvalue weighted by molar-refractivity contribution is 0.372. The van der Waals surface area contributed by atoms with Gasteiger partial charge in [-0.3, -0.25) is 0 Å². The van der Waals surface area contributed by atoms with Gasteiger partial charge in [-0.05, 0) is 32.4 Å². The van der Waals surface area contributed by atoms with Gasteiger partial charge in [-0.25, -0.2) is 4.39 Å². The summed E-state index contributed by atoms with van der Waals surface area (Å²) in [4.78, 5) is 0. The van der Waals surface area contributed by atoms with Crippen LogP contribution in [0, 0.1) is 5.82 Å². The van der Waals surface area contributed by atoms with E-state index >= 15 is 0 Å². The maximum atomic E-state index is 13.5. The van der Waals surface area contributed by atoms with Crippen LogP contribution < -0.4 is 5.32 Å². The van der Waals surface area contributed by atoms with Crippen LogP contribution in [0.3, 0.4) is 0 Å². The first-order valence-corrected chi connectivity index (χ1v) is 6.24. The molecule has 4 nitrogen and oxygen atoms in total. The highest BCUT2D eigenvalue weighted by Crippen LogP contribution is 2.12. The largest absolute Gasteiger partial charge is 0.424 e. The first-order chi connectivity index (χ1) is 8.94. The Hall–Kier alpha value is -1.75. The summed E-state index contributed by atoms with van der Waals surface area (Å²) >= 11 is 0. The van der Waals surface area contributed by atoms with E-state index in [0.29, 0.717) is 30.3 Å². The van der Waals surface area contributed by atoms with Gasteiger partial charge in [0.25, 0.3) is 0 Å². The molecule has 0 saturated heterocycles. The standard InChI is InChI=1S/C14H18FN3O/c1-14(2,3)16-9-13-18-17-12(19-13)8-10-6-4-5-7-11(10)15/h4-7,16H,8-9H2,1-3H3. The van der Waals surface area contributed by atoms with Gasteiger partial charge in [0.05, 0.1) is 13.0 Å². The maximum Gasteiger partial charge on any atom is 0.230 e. The summed E-state index contributed by atoms with van der Waals surface area (Å²) in [6.45, 7) is 6.69. The van der Waals surface area contributed by atoms with Gasteiger partial charge in [0.1, 0.15) is 5.82 Å². The second-order valence-corrected chi connectivity index (χ2v) is 5.46. The van der Waals surface area contributed by atoms with Crippen molar-refractivity contribution in [2.45, 2.75) is 39.3 Å². The molecule has 0 spiro atoms. The van der Waals surface area contributed by atoms with Crippen LogP contribution in [-0.2, 0) is 13.0 Å². The molecule has 2 rings (SSSR count). The Morgan fingerprint density at radius 2 is 1.84 bits per heavy atom. The molecule has 0 aliphatic rings. The van der Waals surface area contributed by atoms with Gasteiger partial charge in [0, 0.05) is 5.54 Å². The second kappa shape index (κ2) is 5.48. The van der Waals surface area contributed by atoms with Gasteiger partial charge in [-0.2, -0.15) is 0 Å². The van der Waals surface area contributed by atoms with Crippen LogP contribution >= 0.6 is 0 Å². The number of benzene rings is 1. The van der Waals surface area contributed by atoms with Crippen molar-refractivity contribution in [1.29, 1.82) is 0 Å². The lowest BCUT2D eigenvalue weighted by Gasteiger charge is -2.18. The summed E-state index contributed by atoms with van der Waals surface area (Å²) < 4.78 is 19.0. The number of nitrogens with one attached hydrogen (secondary N) is 1.